The molecule has 1 aliphatic heterocycles. The zero-order valence-corrected chi connectivity index (χ0v) is 53.7. The third-order valence-electron chi connectivity index (χ3n) is 15.3. The third-order valence-corrected chi connectivity index (χ3v) is 15.3. The van der Waals surface area contributed by atoms with Crippen LogP contribution in [0.5, 0.6) is 11.8 Å². The van der Waals surface area contributed by atoms with Crippen molar-refractivity contribution >= 4 is 47.5 Å². The van der Waals surface area contributed by atoms with Gasteiger partial charge >= 0.3 is 23.9 Å². The summed E-state index contributed by atoms with van der Waals surface area (Å²) in [5.74, 6) is -8.71. The van der Waals surface area contributed by atoms with E-state index in [-0.39, 0.29) is 86.8 Å². The van der Waals surface area contributed by atoms with Crippen molar-refractivity contribution < 1.29 is 75.6 Å². The molecular weight excluding hydrogens is 1140 g/mol. The number of amides is 4. The molecular formula is C66H88F2N6O14. The Balaban J connectivity index is 1.59. The molecule has 0 spiro atoms. The van der Waals surface area contributed by atoms with Crippen LogP contribution in [0.3, 0.4) is 0 Å². The minimum Gasteiger partial charge on any atom is -0.481 e. The number of carbonyl (C=O) groups excluding carboxylic acids is 8. The largest absolute Gasteiger partial charge is 0.481 e. The van der Waals surface area contributed by atoms with Crippen molar-refractivity contribution in [3.63, 3.8) is 0 Å². The van der Waals surface area contributed by atoms with E-state index in [2.05, 4.69) is 9.97 Å². The van der Waals surface area contributed by atoms with Gasteiger partial charge < -0.3 is 48.0 Å². The molecule has 0 bridgehead atoms. The Morgan fingerprint density at radius 1 is 0.432 bits per heavy atom. The first-order chi connectivity index (χ1) is 41.4. The summed E-state index contributed by atoms with van der Waals surface area (Å²) in [5, 5.41) is 0. The van der Waals surface area contributed by atoms with Gasteiger partial charge in [-0.25, -0.2) is 37.9 Å². The summed E-state index contributed by atoms with van der Waals surface area (Å²) >= 11 is 0. The molecule has 1 fully saturated rings. The van der Waals surface area contributed by atoms with Crippen LogP contribution in [-0.2, 0) is 83.0 Å². The van der Waals surface area contributed by atoms with Crippen LogP contribution < -0.4 is 9.47 Å². The SMILES string of the molecule is COc1ncc(F)cc1Cc1ccc(CC2OC(=O)C(CC(C)C)N(C)C(=O)C(C)OC(=O)C(CC(C)C)N(C)C(=O)C(Cc3ccc(Cc4cc(F)cnc4OC)cc3)OC(=O)C(CC(C)C)N(C)C(=O)C(C)OC(=O)C(CC(C)C)N(C)C2=O)cc1. The van der Waals surface area contributed by atoms with Gasteiger partial charge in [0.2, 0.25) is 11.8 Å². The van der Waals surface area contributed by atoms with E-state index >= 15 is 9.59 Å². The quantitative estimate of drug-likeness (QED) is 0.0680. The molecule has 4 aromatic rings. The van der Waals surface area contributed by atoms with Gasteiger partial charge in [0, 0.05) is 65.0 Å². The average Bonchev–Trinajstić information content (AvgIpc) is 3.62. The van der Waals surface area contributed by atoms with Gasteiger partial charge in [-0.05, 0) is 97.6 Å². The van der Waals surface area contributed by atoms with E-state index in [1.807, 2.05) is 55.4 Å². The number of nitrogens with zero attached hydrogens (tertiary/aromatic N) is 6. The Hall–Kier alpha value is -8.04. The molecule has 8 atom stereocenters. The Labute approximate surface area is 515 Å². The highest BCUT2D eigenvalue weighted by Crippen LogP contribution is 2.27. The minimum atomic E-state index is -1.62. The van der Waals surface area contributed by atoms with Crippen molar-refractivity contribution in [1.29, 1.82) is 0 Å². The summed E-state index contributed by atoms with van der Waals surface area (Å²) in [7, 11) is 8.25. The number of aromatic nitrogens is 2. The summed E-state index contributed by atoms with van der Waals surface area (Å²) in [6.07, 6.45) is -4.08. The first-order valence-electron chi connectivity index (χ1n) is 29.8. The van der Waals surface area contributed by atoms with Gasteiger partial charge in [-0.1, -0.05) is 104 Å². The number of benzene rings is 2. The van der Waals surface area contributed by atoms with Crippen molar-refractivity contribution in [2.45, 2.75) is 169 Å². The molecule has 480 valence electrons. The molecule has 1 aliphatic rings. The van der Waals surface area contributed by atoms with Crippen LogP contribution in [0.15, 0.2) is 73.1 Å². The Morgan fingerprint density at radius 2 is 0.693 bits per heavy atom. The molecule has 4 amide bonds. The number of likely N-dealkylation sites (N-methyl/N-ethyl adjacent to an activating group) is 4. The van der Waals surface area contributed by atoms with Gasteiger partial charge in [0.05, 0.1) is 26.6 Å². The normalized spacial score (nSPS) is 22.1. The molecule has 88 heavy (non-hydrogen) atoms. The first kappa shape index (κ1) is 70.7. The maximum absolute atomic E-state index is 15.1. The van der Waals surface area contributed by atoms with E-state index in [0.29, 0.717) is 22.3 Å². The summed E-state index contributed by atoms with van der Waals surface area (Å²) < 4.78 is 63.4. The van der Waals surface area contributed by atoms with E-state index in [4.69, 9.17) is 28.4 Å². The molecule has 20 nitrogen and oxygen atoms in total. The molecule has 22 heteroatoms. The first-order valence-corrected chi connectivity index (χ1v) is 29.8. The number of carbonyl (C=O) groups is 8. The maximum atomic E-state index is 15.1. The zero-order chi connectivity index (χ0) is 65.4. The molecule has 5 rings (SSSR count). The smallest absolute Gasteiger partial charge is 0.329 e. The average molecular weight is 1230 g/mol. The topological polar surface area (TPSA) is 231 Å². The van der Waals surface area contributed by atoms with Crippen molar-refractivity contribution in [3.8, 4) is 11.8 Å². The second kappa shape index (κ2) is 32.3. The molecule has 2 aromatic heterocycles. The summed E-state index contributed by atoms with van der Waals surface area (Å²) in [6, 6.07) is 11.1. The lowest BCUT2D eigenvalue weighted by Crippen LogP contribution is -2.55. The van der Waals surface area contributed by atoms with Crippen LogP contribution in [0.25, 0.3) is 0 Å². The van der Waals surface area contributed by atoms with Crippen molar-refractivity contribution in [1.82, 2.24) is 29.6 Å². The number of hydrogen-bond acceptors (Lipinski definition) is 16. The summed E-state index contributed by atoms with van der Waals surface area (Å²) in [4.78, 5) is 130. The number of ether oxygens (including phenoxy) is 6. The fourth-order valence-electron chi connectivity index (χ4n) is 10.5. The second-order valence-electron chi connectivity index (χ2n) is 24.4. The van der Waals surface area contributed by atoms with Gasteiger partial charge in [0.25, 0.3) is 23.6 Å². The molecule has 8 unspecified atom stereocenters. The highest BCUT2D eigenvalue weighted by Gasteiger charge is 2.43. The van der Waals surface area contributed by atoms with Crippen LogP contribution in [-0.4, -0.2) is 168 Å². The third kappa shape index (κ3) is 19.5. The number of cyclic esters (lactones) is 4. The van der Waals surface area contributed by atoms with E-state index in [9.17, 15) is 37.5 Å². The number of halogens is 2. The van der Waals surface area contributed by atoms with E-state index in [1.165, 1.54) is 68.4 Å². The lowest BCUT2D eigenvalue weighted by atomic mass is 9.99. The lowest BCUT2D eigenvalue weighted by molar-refractivity contribution is -0.176. The van der Waals surface area contributed by atoms with Crippen LogP contribution in [0.2, 0.25) is 0 Å². The Kier molecular flexibility index (Phi) is 25.9. The van der Waals surface area contributed by atoms with Gasteiger partial charge in [0.1, 0.15) is 35.8 Å². The second-order valence-corrected chi connectivity index (χ2v) is 24.4. The Morgan fingerprint density at radius 3 is 0.966 bits per heavy atom. The summed E-state index contributed by atoms with van der Waals surface area (Å²) in [5.41, 5.74) is 3.47. The molecule has 3 heterocycles. The number of esters is 4. The minimum absolute atomic E-state index is 0.0293. The predicted molar refractivity (Wildman–Crippen MR) is 322 cm³/mol. The molecule has 0 aliphatic carbocycles. The van der Waals surface area contributed by atoms with E-state index in [0.717, 1.165) is 43.1 Å². The van der Waals surface area contributed by atoms with Crippen molar-refractivity contribution in [2.24, 2.45) is 23.7 Å². The fourth-order valence-corrected chi connectivity index (χ4v) is 10.5. The number of pyridine rings is 2. The highest BCUT2D eigenvalue weighted by molar-refractivity contribution is 5.94. The lowest BCUT2D eigenvalue weighted by Gasteiger charge is -2.35. The van der Waals surface area contributed by atoms with E-state index < -0.39 is 108 Å². The number of hydrogen-bond donors (Lipinski definition) is 0. The fraction of sp³-hybridized carbons (Fsp3) is 0.545. The van der Waals surface area contributed by atoms with Gasteiger partial charge in [-0.2, -0.15) is 0 Å². The van der Waals surface area contributed by atoms with E-state index in [1.54, 1.807) is 48.5 Å². The van der Waals surface area contributed by atoms with Crippen LogP contribution >= 0.6 is 0 Å². The summed E-state index contributed by atoms with van der Waals surface area (Å²) in [6.45, 7) is 17.2. The maximum Gasteiger partial charge on any atom is 0.329 e. The molecule has 2 aromatic carbocycles. The van der Waals surface area contributed by atoms with Crippen molar-refractivity contribution in [3.05, 3.63) is 118 Å². The number of rotatable bonds is 18. The highest BCUT2D eigenvalue weighted by atomic mass is 19.1. The van der Waals surface area contributed by atoms with Gasteiger partial charge in [0.15, 0.2) is 24.4 Å². The van der Waals surface area contributed by atoms with Crippen LogP contribution in [0, 0.1) is 35.3 Å². The zero-order valence-electron chi connectivity index (χ0n) is 53.7. The van der Waals surface area contributed by atoms with Crippen LogP contribution in [0.4, 0.5) is 8.78 Å². The van der Waals surface area contributed by atoms with Crippen molar-refractivity contribution in [2.75, 3.05) is 42.4 Å². The van der Waals surface area contributed by atoms with Crippen LogP contribution in [0.1, 0.15) is 128 Å². The Bertz CT molecular complexity index is 2850. The van der Waals surface area contributed by atoms with Gasteiger partial charge in [-0.3, -0.25) is 19.2 Å². The monoisotopic (exact) mass is 1230 g/mol. The molecule has 0 saturated carbocycles. The number of methoxy groups -OCH3 is 2. The standard InChI is InChI=1S/C66H88F2N6O14/c1-37(2)25-51-63(79)85-41(9)59(75)71(11)54(28-40(7)8)66(82)88-56(32-46-23-19-44(20-24-46)30-48-34-50(68)36-70-58(48)84-16)62(78)74(14)52(26-38(3)4)64(80)86-42(10)60(76)72(12)53(27-39(5)6)65(81)87-55(61(77)73(51)13)31-45-21-17-43(18-22-45)29-47-33-49(67)35-69-57(47)83-15/h17-24,33-42,51-56H,25-32H2,1-16H3. The predicted octanol–water partition coefficient (Wildman–Crippen LogP) is 7.93. The molecule has 0 radical (unpaired) electrons. The van der Waals surface area contributed by atoms with Gasteiger partial charge in [-0.15, -0.1) is 0 Å². The molecule has 0 N–H and O–H groups in total. The molecule has 1 saturated heterocycles.